The Hall–Kier alpha value is 0.0249. The van der Waals surface area contributed by atoms with Crippen molar-refractivity contribution in [1.29, 1.82) is 0 Å². The van der Waals surface area contributed by atoms with Crippen LogP contribution in [0.25, 0.3) is 0 Å². The van der Waals surface area contributed by atoms with E-state index in [4.69, 9.17) is 5.02 Å². The van der Waals surface area contributed by atoms with E-state index in [0.29, 0.717) is 7.48 Å². The van der Waals surface area contributed by atoms with Gasteiger partial charge in [-0.15, -0.1) is 0 Å². The first-order valence-corrected chi connectivity index (χ1v) is 3.02. The van der Waals surface area contributed by atoms with E-state index in [2.05, 4.69) is 6.92 Å². The summed E-state index contributed by atoms with van der Waals surface area (Å²) in [5.41, 5.74) is 0. The minimum Gasteiger partial charge on any atom is -0.454 e. The molecular formula is C5H13BO. The molecule has 0 aromatic rings. The normalized spacial score (nSPS) is 8.86. The Kier molecular flexibility index (Phi) is 6.05. The largest absolute Gasteiger partial charge is 0.454 e. The molecule has 0 saturated heterocycles. The molecule has 0 unspecified atom stereocenters. The Morgan fingerprint density at radius 3 is 2.57 bits per heavy atom. The van der Waals surface area contributed by atoms with Crippen LogP contribution >= 0.6 is 0 Å². The van der Waals surface area contributed by atoms with Crippen molar-refractivity contribution in [2.75, 3.05) is 0 Å². The van der Waals surface area contributed by atoms with Crippen LogP contribution in [0.15, 0.2) is 0 Å². The molecule has 0 radical (unpaired) electrons. The van der Waals surface area contributed by atoms with Gasteiger partial charge in [0.15, 0.2) is 0 Å². The fraction of sp³-hybridized carbons (Fsp3) is 1.00. The fourth-order valence-electron chi connectivity index (χ4n) is 0.539. The topological polar surface area (TPSA) is 20.2 Å². The molecule has 0 aliphatic rings. The molecule has 1 nitrogen and oxygen atoms in total. The van der Waals surface area contributed by atoms with Crippen molar-refractivity contribution in [2.24, 2.45) is 0 Å². The molecule has 1 N–H and O–H groups in total. The third kappa shape index (κ3) is 6.02. The Morgan fingerprint density at radius 1 is 1.43 bits per heavy atom. The van der Waals surface area contributed by atoms with Gasteiger partial charge >= 0.3 is 0 Å². The smallest absolute Gasteiger partial charge is 0.270 e. The second kappa shape index (κ2) is 6.02. The van der Waals surface area contributed by atoms with Crippen LogP contribution in [0.2, 0.25) is 6.32 Å². The molecule has 0 aromatic heterocycles. The summed E-state index contributed by atoms with van der Waals surface area (Å²) >= 11 is 0. The van der Waals surface area contributed by atoms with Crippen LogP contribution in [0.1, 0.15) is 26.2 Å². The molecule has 42 valence electrons. The molecular weight excluding hydrogens is 86.9 g/mol. The zero-order valence-corrected chi connectivity index (χ0v) is 4.98. The van der Waals surface area contributed by atoms with Crippen molar-refractivity contribution >= 4 is 7.48 Å². The van der Waals surface area contributed by atoms with Crippen molar-refractivity contribution in [2.45, 2.75) is 32.5 Å². The first-order chi connectivity index (χ1) is 3.41. The summed E-state index contributed by atoms with van der Waals surface area (Å²) < 4.78 is 0. The standard InChI is InChI=1S/C5H13BO/c1-2-3-4-5-6-7/h6-7H,2-5H2,1H3. The summed E-state index contributed by atoms with van der Waals surface area (Å²) in [6.45, 7) is 2.16. The SMILES string of the molecule is CCCCCBO. The minimum absolute atomic E-state index is 0.361. The van der Waals surface area contributed by atoms with Gasteiger partial charge in [0, 0.05) is 0 Å². The summed E-state index contributed by atoms with van der Waals surface area (Å²) in [5.74, 6) is 0. The lowest BCUT2D eigenvalue weighted by Crippen LogP contribution is -1.84. The molecule has 0 amide bonds. The third-order valence-corrected chi connectivity index (χ3v) is 1.01. The Labute approximate surface area is 46.0 Å². The summed E-state index contributed by atoms with van der Waals surface area (Å²) in [4.78, 5) is 0. The first-order valence-electron chi connectivity index (χ1n) is 3.02. The van der Waals surface area contributed by atoms with Gasteiger partial charge in [0.25, 0.3) is 7.48 Å². The quantitative estimate of drug-likeness (QED) is 0.411. The fourth-order valence-corrected chi connectivity index (χ4v) is 0.539. The number of hydrogen-bond donors (Lipinski definition) is 1. The van der Waals surface area contributed by atoms with E-state index in [-0.39, 0.29) is 0 Å². The van der Waals surface area contributed by atoms with Gasteiger partial charge in [-0.25, -0.2) is 0 Å². The lowest BCUT2D eigenvalue weighted by Gasteiger charge is -1.88. The highest BCUT2D eigenvalue weighted by Crippen LogP contribution is 1.96. The second-order valence-electron chi connectivity index (χ2n) is 1.78. The molecule has 0 heterocycles. The highest BCUT2D eigenvalue weighted by atomic mass is 16.2. The van der Waals surface area contributed by atoms with Crippen LogP contribution in [0.3, 0.4) is 0 Å². The summed E-state index contributed by atoms with van der Waals surface area (Å²) in [7, 11) is 0.361. The van der Waals surface area contributed by atoms with Gasteiger partial charge in [-0.3, -0.25) is 0 Å². The first kappa shape index (κ1) is 7.02. The number of unbranched alkanes of at least 4 members (excludes halogenated alkanes) is 2. The molecule has 0 aromatic carbocycles. The zero-order valence-electron chi connectivity index (χ0n) is 4.98. The highest BCUT2D eigenvalue weighted by Gasteiger charge is 1.83. The van der Waals surface area contributed by atoms with E-state index >= 15 is 0 Å². The van der Waals surface area contributed by atoms with E-state index in [1.54, 1.807) is 0 Å². The van der Waals surface area contributed by atoms with Crippen LogP contribution in [0.4, 0.5) is 0 Å². The second-order valence-corrected chi connectivity index (χ2v) is 1.78. The minimum atomic E-state index is 0.361. The monoisotopic (exact) mass is 100 g/mol. The summed E-state index contributed by atoms with van der Waals surface area (Å²) in [6, 6.07) is 0. The van der Waals surface area contributed by atoms with E-state index in [9.17, 15) is 0 Å². The van der Waals surface area contributed by atoms with Crippen molar-refractivity contribution in [3.8, 4) is 0 Å². The van der Waals surface area contributed by atoms with Gasteiger partial charge in [0.1, 0.15) is 0 Å². The van der Waals surface area contributed by atoms with Gasteiger partial charge in [-0.1, -0.05) is 32.5 Å². The molecule has 0 rings (SSSR count). The van der Waals surface area contributed by atoms with Crippen molar-refractivity contribution in [3.05, 3.63) is 0 Å². The number of rotatable bonds is 4. The van der Waals surface area contributed by atoms with Crippen molar-refractivity contribution in [3.63, 3.8) is 0 Å². The predicted octanol–water partition coefficient (Wildman–Crippen LogP) is 0.939. The molecule has 0 aliphatic heterocycles. The van der Waals surface area contributed by atoms with Crippen LogP contribution < -0.4 is 0 Å². The maximum atomic E-state index is 8.29. The lowest BCUT2D eigenvalue weighted by atomic mass is 9.92. The molecule has 0 aliphatic carbocycles. The van der Waals surface area contributed by atoms with Crippen LogP contribution in [0.5, 0.6) is 0 Å². The predicted molar refractivity (Wildman–Crippen MR) is 33.7 cm³/mol. The summed E-state index contributed by atoms with van der Waals surface area (Å²) in [6.07, 6.45) is 4.68. The zero-order chi connectivity index (χ0) is 5.54. The maximum absolute atomic E-state index is 8.29. The van der Waals surface area contributed by atoms with Crippen molar-refractivity contribution < 1.29 is 5.02 Å². The highest BCUT2D eigenvalue weighted by molar-refractivity contribution is 6.25. The Morgan fingerprint density at radius 2 is 2.14 bits per heavy atom. The molecule has 0 fully saturated rings. The van der Waals surface area contributed by atoms with Gasteiger partial charge in [-0.05, 0) is 0 Å². The Balaban J connectivity index is 2.45. The van der Waals surface area contributed by atoms with E-state index in [0.717, 1.165) is 6.32 Å². The van der Waals surface area contributed by atoms with Gasteiger partial charge in [0.2, 0.25) is 0 Å². The van der Waals surface area contributed by atoms with Crippen molar-refractivity contribution in [1.82, 2.24) is 0 Å². The summed E-state index contributed by atoms with van der Waals surface area (Å²) in [5, 5.41) is 8.29. The van der Waals surface area contributed by atoms with Crippen LogP contribution in [0, 0.1) is 0 Å². The average Bonchev–Trinajstić information content (AvgIpc) is 1.69. The van der Waals surface area contributed by atoms with E-state index < -0.39 is 0 Å². The van der Waals surface area contributed by atoms with Gasteiger partial charge < -0.3 is 5.02 Å². The van der Waals surface area contributed by atoms with E-state index in [1.807, 2.05) is 0 Å². The third-order valence-electron chi connectivity index (χ3n) is 1.01. The molecule has 7 heavy (non-hydrogen) atoms. The molecule has 0 bridgehead atoms. The van der Waals surface area contributed by atoms with Crippen LogP contribution in [-0.2, 0) is 0 Å². The average molecular weight is 100.0 g/mol. The lowest BCUT2D eigenvalue weighted by molar-refractivity contribution is 0.592. The molecule has 0 atom stereocenters. The molecule has 0 spiro atoms. The van der Waals surface area contributed by atoms with Gasteiger partial charge in [0.05, 0.1) is 0 Å². The maximum Gasteiger partial charge on any atom is 0.270 e. The van der Waals surface area contributed by atoms with E-state index in [1.165, 1.54) is 19.3 Å². The van der Waals surface area contributed by atoms with Crippen LogP contribution in [-0.4, -0.2) is 12.5 Å². The molecule has 2 heteroatoms. The molecule has 0 saturated carbocycles. The van der Waals surface area contributed by atoms with Gasteiger partial charge in [-0.2, -0.15) is 0 Å². The number of hydrogen-bond acceptors (Lipinski definition) is 1. The Bertz CT molecular complexity index is 27.3.